The van der Waals surface area contributed by atoms with Gasteiger partial charge in [0.15, 0.2) is 5.16 Å². The molecule has 4 nitrogen and oxygen atoms in total. The van der Waals surface area contributed by atoms with Crippen molar-refractivity contribution >= 4 is 23.4 Å². The summed E-state index contributed by atoms with van der Waals surface area (Å²) in [4.78, 5) is 20.7. The molecule has 0 fully saturated rings. The van der Waals surface area contributed by atoms with Gasteiger partial charge in [0.1, 0.15) is 0 Å². The van der Waals surface area contributed by atoms with Gasteiger partial charge >= 0.3 is 6.18 Å². The lowest BCUT2D eigenvalue weighted by Crippen LogP contribution is -2.18. The number of carbonyl (C=O) groups excluding carboxylic acids is 1. The number of para-hydroxylation sites is 1. The van der Waals surface area contributed by atoms with Crippen LogP contribution in [-0.4, -0.2) is 21.6 Å². The first-order valence-corrected chi connectivity index (χ1v) is 9.72. The molecular weight excluding hydrogens is 399 g/mol. The molecule has 29 heavy (non-hydrogen) atoms. The lowest BCUT2D eigenvalue weighted by atomic mass is 10.0. The van der Waals surface area contributed by atoms with Gasteiger partial charge in [0.2, 0.25) is 5.91 Å². The molecule has 0 bridgehead atoms. The molecule has 0 aliphatic rings. The highest BCUT2D eigenvalue weighted by Crippen LogP contribution is 2.34. The largest absolute Gasteiger partial charge is 0.418 e. The van der Waals surface area contributed by atoms with Gasteiger partial charge in [-0.15, -0.1) is 0 Å². The molecule has 150 valence electrons. The maximum Gasteiger partial charge on any atom is 0.418 e. The number of halogens is 3. The molecule has 3 aromatic rings. The number of aromatic nitrogens is 2. The summed E-state index contributed by atoms with van der Waals surface area (Å²) in [7, 11) is 0. The van der Waals surface area contributed by atoms with Crippen molar-refractivity contribution in [1.82, 2.24) is 9.97 Å². The van der Waals surface area contributed by atoms with Crippen LogP contribution in [0.2, 0.25) is 0 Å². The van der Waals surface area contributed by atoms with Crippen LogP contribution in [0, 0.1) is 13.8 Å². The molecule has 0 spiro atoms. The van der Waals surface area contributed by atoms with Gasteiger partial charge in [0.05, 0.1) is 22.7 Å². The highest BCUT2D eigenvalue weighted by molar-refractivity contribution is 7.99. The number of rotatable bonds is 5. The van der Waals surface area contributed by atoms with E-state index < -0.39 is 17.6 Å². The molecule has 1 heterocycles. The van der Waals surface area contributed by atoms with E-state index in [0.717, 1.165) is 29.0 Å². The van der Waals surface area contributed by atoms with E-state index in [9.17, 15) is 18.0 Å². The predicted octanol–water partition coefficient (Wildman–Crippen LogP) is 5.51. The topological polar surface area (TPSA) is 54.9 Å². The summed E-state index contributed by atoms with van der Waals surface area (Å²) in [5.41, 5.74) is 2.81. The first-order chi connectivity index (χ1) is 13.7. The van der Waals surface area contributed by atoms with Crippen LogP contribution in [-0.2, 0) is 11.0 Å². The van der Waals surface area contributed by atoms with E-state index in [4.69, 9.17) is 0 Å². The second-order valence-electron chi connectivity index (χ2n) is 6.40. The fourth-order valence-electron chi connectivity index (χ4n) is 2.63. The van der Waals surface area contributed by atoms with Crippen molar-refractivity contribution in [3.8, 4) is 11.3 Å². The molecule has 0 atom stereocenters. The Balaban J connectivity index is 1.68. The average molecular weight is 417 g/mol. The SMILES string of the molecule is Cc1ccc(-c2ccnc(SCC(=O)Nc3ccccc3C(F)(F)F)n2)cc1C. The summed E-state index contributed by atoms with van der Waals surface area (Å²) in [5, 5.41) is 2.69. The zero-order valence-electron chi connectivity index (χ0n) is 15.7. The number of nitrogens with one attached hydrogen (secondary N) is 1. The van der Waals surface area contributed by atoms with E-state index in [1.54, 1.807) is 12.3 Å². The van der Waals surface area contributed by atoms with E-state index in [0.29, 0.717) is 10.9 Å². The van der Waals surface area contributed by atoms with Crippen molar-refractivity contribution in [2.75, 3.05) is 11.1 Å². The summed E-state index contributed by atoms with van der Waals surface area (Å²) < 4.78 is 39.1. The number of hydrogen-bond donors (Lipinski definition) is 1. The van der Waals surface area contributed by atoms with Crippen LogP contribution in [0.15, 0.2) is 59.9 Å². The van der Waals surface area contributed by atoms with Crippen molar-refractivity contribution < 1.29 is 18.0 Å². The van der Waals surface area contributed by atoms with Gasteiger partial charge in [-0.3, -0.25) is 4.79 Å². The van der Waals surface area contributed by atoms with Gasteiger partial charge in [-0.25, -0.2) is 9.97 Å². The quantitative estimate of drug-likeness (QED) is 0.439. The zero-order chi connectivity index (χ0) is 21.0. The minimum Gasteiger partial charge on any atom is -0.325 e. The molecule has 3 rings (SSSR count). The summed E-state index contributed by atoms with van der Waals surface area (Å²) in [5.74, 6) is -0.672. The number of amides is 1. The van der Waals surface area contributed by atoms with E-state index in [1.165, 1.54) is 23.8 Å². The van der Waals surface area contributed by atoms with Crippen molar-refractivity contribution in [2.45, 2.75) is 25.2 Å². The van der Waals surface area contributed by atoms with E-state index in [-0.39, 0.29) is 11.4 Å². The number of alkyl halides is 3. The molecule has 0 saturated heterocycles. The minimum absolute atomic E-state index is 0.109. The number of carbonyl (C=O) groups is 1. The Kier molecular flexibility index (Phi) is 6.22. The van der Waals surface area contributed by atoms with Crippen LogP contribution >= 0.6 is 11.8 Å². The van der Waals surface area contributed by atoms with Gasteiger partial charge in [-0.2, -0.15) is 13.2 Å². The first-order valence-electron chi connectivity index (χ1n) is 8.73. The lowest BCUT2D eigenvalue weighted by Gasteiger charge is -2.13. The number of aryl methyl sites for hydroxylation is 2. The average Bonchev–Trinajstić information content (AvgIpc) is 2.68. The number of anilines is 1. The van der Waals surface area contributed by atoms with Crippen LogP contribution in [0.25, 0.3) is 11.3 Å². The molecule has 8 heteroatoms. The maximum absolute atomic E-state index is 13.0. The summed E-state index contributed by atoms with van der Waals surface area (Å²) >= 11 is 1.06. The van der Waals surface area contributed by atoms with Crippen LogP contribution in [0.3, 0.4) is 0 Å². The number of thioether (sulfide) groups is 1. The third-order valence-electron chi connectivity index (χ3n) is 4.28. The van der Waals surface area contributed by atoms with Crippen LogP contribution in [0.5, 0.6) is 0 Å². The molecule has 0 saturated carbocycles. The van der Waals surface area contributed by atoms with Crippen molar-refractivity contribution in [3.05, 3.63) is 71.4 Å². The van der Waals surface area contributed by atoms with Crippen LogP contribution in [0.1, 0.15) is 16.7 Å². The second-order valence-corrected chi connectivity index (χ2v) is 7.35. The number of benzene rings is 2. The maximum atomic E-state index is 13.0. The molecule has 1 N–H and O–H groups in total. The molecule has 0 aliphatic heterocycles. The van der Waals surface area contributed by atoms with E-state index >= 15 is 0 Å². The predicted molar refractivity (Wildman–Crippen MR) is 108 cm³/mol. The standard InChI is InChI=1S/C21H18F3N3OS/c1-13-7-8-15(11-14(13)2)17-9-10-25-20(27-17)29-12-19(28)26-18-6-4-3-5-16(18)21(22,23)24/h3-11H,12H2,1-2H3,(H,26,28). The smallest absolute Gasteiger partial charge is 0.325 e. The monoisotopic (exact) mass is 417 g/mol. The van der Waals surface area contributed by atoms with Gasteiger partial charge in [-0.05, 0) is 49.2 Å². The summed E-state index contributed by atoms with van der Waals surface area (Å²) in [6, 6.07) is 12.6. The summed E-state index contributed by atoms with van der Waals surface area (Å²) in [6.07, 6.45) is -2.95. The van der Waals surface area contributed by atoms with Gasteiger partial charge in [0, 0.05) is 11.8 Å². The minimum atomic E-state index is -4.54. The Bertz CT molecular complexity index is 1040. The van der Waals surface area contributed by atoms with Crippen LogP contribution in [0.4, 0.5) is 18.9 Å². The number of nitrogens with zero attached hydrogens (tertiary/aromatic N) is 2. The zero-order valence-corrected chi connectivity index (χ0v) is 16.6. The Labute approximate surface area is 170 Å². The third-order valence-corrected chi connectivity index (χ3v) is 5.14. The van der Waals surface area contributed by atoms with Crippen molar-refractivity contribution in [2.24, 2.45) is 0 Å². The number of hydrogen-bond acceptors (Lipinski definition) is 4. The first kappa shape index (κ1) is 20.9. The fourth-order valence-corrected chi connectivity index (χ4v) is 3.26. The molecule has 0 aliphatic carbocycles. The molecule has 1 amide bonds. The lowest BCUT2D eigenvalue weighted by molar-refractivity contribution is -0.137. The van der Waals surface area contributed by atoms with Crippen LogP contribution < -0.4 is 5.32 Å². The molecular formula is C21H18F3N3OS. The normalized spacial score (nSPS) is 11.3. The van der Waals surface area contributed by atoms with Gasteiger partial charge in [-0.1, -0.05) is 36.0 Å². The third kappa shape index (κ3) is 5.35. The molecule has 2 aromatic carbocycles. The Morgan fingerprint density at radius 3 is 2.55 bits per heavy atom. The molecule has 0 radical (unpaired) electrons. The second kappa shape index (κ2) is 8.65. The van der Waals surface area contributed by atoms with Crippen molar-refractivity contribution in [3.63, 3.8) is 0 Å². The fraction of sp³-hybridized carbons (Fsp3) is 0.190. The molecule has 0 unspecified atom stereocenters. The highest BCUT2D eigenvalue weighted by atomic mass is 32.2. The van der Waals surface area contributed by atoms with E-state index in [2.05, 4.69) is 15.3 Å². The Morgan fingerprint density at radius 2 is 1.83 bits per heavy atom. The summed E-state index contributed by atoms with van der Waals surface area (Å²) in [6.45, 7) is 4.04. The van der Waals surface area contributed by atoms with Gasteiger partial charge in [0.25, 0.3) is 0 Å². The van der Waals surface area contributed by atoms with Gasteiger partial charge < -0.3 is 5.32 Å². The highest BCUT2D eigenvalue weighted by Gasteiger charge is 2.33. The molecule has 1 aromatic heterocycles. The van der Waals surface area contributed by atoms with E-state index in [1.807, 2.05) is 32.0 Å². The Morgan fingerprint density at radius 1 is 1.07 bits per heavy atom. The Hall–Kier alpha value is -2.87. The van der Waals surface area contributed by atoms with Crippen molar-refractivity contribution in [1.29, 1.82) is 0 Å².